The fourth-order valence-corrected chi connectivity index (χ4v) is 3.12. The van der Waals surface area contributed by atoms with E-state index in [2.05, 4.69) is 10.6 Å². The van der Waals surface area contributed by atoms with Crippen LogP contribution in [0.15, 0.2) is 72.8 Å². The first-order valence-electron chi connectivity index (χ1n) is 9.89. The Morgan fingerprint density at radius 1 is 0.867 bits per heavy atom. The Hall–Kier alpha value is -3.60. The average molecular weight is 402 g/mol. The highest BCUT2D eigenvalue weighted by Gasteiger charge is 2.16. The van der Waals surface area contributed by atoms with Crippen molar-refractivity contribution >= 4 is 23.3 Å². The molecule has 0 unspecified atom stereocenters. The number of amides is 1. The van der Waals surface area contributed by atoms with Crippen LogP contribution in [0, 0.1) is 13.8 Å². The Morgan fingerprint density at radius 2 is 1.53 bits per heavy atom. The average Bonchev–Trinajstić information content (AvgIpc) is 2.76. The molecule has 0 aliphatic heterocycles. The van der Waals surface area contributed by atoms with Crippen molar-refractivity contribution < 1.29 is 14.3 Å². The van der Waals surface area contributed by atoms with Gasteiger partial charge >= 0.3 is 5.97 Å². The standard InChI is InChI=1S/C25H26N2O3/c1-17-10-9-15-22(18(17)2)27-23-14-8-7-13-21(23)25(29)30-16-24(28)26-19(3)20-11-5-4-6-12-20/h4-15,19,27H,16H2,1-3H3,(H,26,28)/t19-/m1/s1. The minimum atomic E-state index is -0.550. The summed E-state index contributed by atoms with van der Waals surface area (Å²) in [6.07, 6.45) is 0. The van der Waals surface area contributed by atoms with Gasteiger partial charge in [-0.05, 0) is 55.7 Å². The molecule has 30 heavy (non-hydrogen) atoms. The topological polar surface area (TPSA) is 67.4 Å². The second-order valence-electron chi connectivity index (χ2n) is 7.19. The molecule has 0 aliphatic rings. The Kier molecular flexibility index (Phi) is 6.86. The molecule has 0 aromatic heterocycles. The van der Waals surface area contributed by atoms with Crippen LogP contribution in [0.4, 0.5) is 11.4 Å². The molecule has 3 rings (SSSR count). The minimum absolute atomic E-state index is 0.171. The quantitative estimate of drug-likeness (QED) is 0.541. The first kappa shape index (κ1) is 21.1. The lowest BCUT2D eigenvalue weighted by molar-refractivity contribution is -0.124. The van der Waals surface area contributed by atoms with Gasteiger partial charge in [-0.15, -0.1) is 0 Å². The van der Waals surface area contributed by atoms with E-state index in [1.165, 1.54) is 0 Å². The van der Waals surface area contributed by atoms with Crippen molar-refractivity contribution in [2.75, 3.05) is 11.9 Å². The Balaban J connectivity index is 1.63. The summed E-state index contributed by atoms with van der Waals surface area (Å²) in [5, 5.41) is 6.14. The molecule has 0 saturated carbocycles. The van der Waals surface area contributed by atoms with E-state index in [9.17, 15) is 9.59 Å². The van der Waals surface area contributed by atoms with Crippen LogP contribution in [0.25, 0.3) is 0 Å². The first-order valence-corrected chi connectivity index (χ1v) is 9.89. The molecule has 0 fully saturated rings. The van der Waals surface area contributed by atoms with E-state index in [1.54, 1.807) is 12.1 Å². The van der Waals surface area contributed by atoms with Crippen LogP contribution >= 0.6 is 0 Å². The zero-order valence-corrected chi connectivity index (χ0v) is 17.4. The van der Waals surface area contributed by atoms with E-state index in [1.807, 2.05) is 81.4 Å². The highest BCUT2D eigenvalue weighted by molar-refractivity contribution is 5.97. The summed E-state index contributed by atoms with van der Waals surface area (Å²) in [6, 6.07) is 22.5. The molecule has 0 radical (unpaired) electrons. The molecule has 5 heteroatoms. The molecule has 0 aliphatic carbocycles. The van der Waals surface area contributed by atoms with Gasteiger partial charge in [0, 0.05) is 5.69 Å². The highest BCUT2D eigenvalue weighted by Crippen LogP contribution is 2.25. The van der Waals surface area contributed by atoms with Crippen molar-refractivity contribution in [3.63, 3.8) is 0 Å². The Morgan fingerprint density at radius 3 is 2.30 bits per heavy atom. The second-order valence-corrected chi connectivity index (χ2v) is 7.19. The third kappa shape index (κ3) is 5.26. The maximum atomic E-state index is 12.6. The predicted octanol–water partition coefficient (Wildman–Crippen LogP) is 5.08. The summed E-state index contributed by atoms with van der Waals surface area (Å²) in [4.78, 5) is 24.8. The second kappa shape index (κ2) is 9.74. The third-order valence-corrected chi connectivity index (χ3v) is 5.03. The van der Waals surface area contributed by atoms with Crippen molar-refractivity contribution in [3.8, 4) is 0 Å². The van der Waals surface area contributed by atoms with Crippen molar-refractivity contribution in [3.05, 3.63) is 95.1 Å². The molecule has 1 atom stereocenters. The molecular weight excluding hydrogens is 376 g/mol. The number of rotatable bonds is 7. The van der Waals surface area contributed by atoms with Gasteiger partial charge in [-0.3, -0.25) is 4.79 Å². The number of benzene rings is 3. The molecule has 5 nitrogen and oxygen atoms in total. The number of esters is 1. The van der Waals surface area contributed by atoms with Crippen molar-refractivity contribution in [1.29, 1.82) is 0 Å². The van der Waals surface area contributed by atoms with Crippen LogP contribution in [-0.2, 0) is 9.53 Å². The lowest BCUT2D eigenvalue weighted by Crippen LogP contribution is -2.31. The third-order valence-electron chi connectivity index (χ3n) is 5.03. The number of carbonyl (C=O) groups is 2. The van der Waals surface area contributed by atoms with Crippen molar-refractivity contribution in [2.45, 2.75) is 26.8 Å². The number of nitrogens with one attached hydrogen (secondary N) is 2. The zero-order valence-electron chi connectivity index (χ0n) is 17.4. The summed E-state index contributed by atoms with van der Waals surface area (Å²) in [5.74, 6) is -0.898. The van der Waals surface area contributed by atoms with Crippen LogP contribution in [0.2, 0.25) is 0 Å². The fourth-order valence-electron chi connectivity index (χ4n) is 3.12. The SMILES string of the molecule is Cc1cccc(Nc2ccccc2C(=O)OCC(=O)N[C@H](C)c2ccccc2)c1C. The molecule has 0 bridgehead atoms. The smallest absolute Gasteiger partial charge is 0.340 e. The van der Waals surface area contributed by atoms with E-state index >= 15 is 0 Å². The van der Waals surface area contributed by atoms with Crippen LogP contribution < -0.4 is 10.6 Å². The number of ether oxygens (including phenoxy) is 1. The van der Waals surface area contributed by atoms with Gasteiger partial charge in [0.2, 0.25) is 0 Å². The molecule has 3 aromatic rings. The van der Waals surface area contributed by atoms with E-state index < -0.39 is 5.97 Å². The maximum Gasteiger partial charge on any atom is 0.340 e. The van der Waals surface area contributed by atoms with Crippen LogP contribution in [-0.4, -0.2) is 18.5 Å². The molecule has 3 aromatic carbocycles. The summed E-state index contributed by atoms with van der Waals surface area (Å²) in [5.41, 5.74) is 5.18. The lowest BCUT2D eigenvalue weighted by Gasteiger charge is -2.16. The van der Waals surface area contributed by atoms with Gasteiger partial charge in [-0.2, -0.15) is 0 Å². The van der Waals surface area contributed by atoms with Gasteiger partial charge in [-0.1, -0.05) is 54.6 Å². The van der Waals surface area contributed by atoms with Crippen LogP contribution in [0.5, 0.6) is 0 Å². The predicted molar refractivity (Wildman–Crippen MR) is 119 cm³/mol. The molecule has 0 heterocycles. The van der Waals surface area contributed by atoms with Crippen molar-refractivity contribution in [2.24, 2.45) is 0 Å². The number of anilines is 2. The van der Waals surface area contributed by atoms with Gasteiger partial charge < -0.3 is 15.4 Å². The molecule has 0 saturated heterocycles. The maximum absolute atomic E-state index is 12.6. The summed E-state index contributed by atoms with van der Waals surface area (Å²) >= 11 is 0. The summed E-state index contributed by atoms with van der Waals surface area (Å²) < 4.78 is 5.27. The molecule has 154 valence electrons. The number of para-hydroxylation sites is 1. The molecule has 1 amide bonds. The number of hydrogen-bond acceptors (Lipinski definition) is 4. The van der Waals surface area contributed by atoms with Gasteiger partial charge in [0.25, 0.3) is 5.91 Å². The van der Waals surface area contributed by atoms with Crippen molar-refractivity contribution in [1.82, 2.24) is 5.32 Å². The number of hydrogen-bond donors (Lipinski definition) is 2. The normalized spacial score (nSPS) is 11.4. The van der Waals surface area contributed by atoms with Gasteiger partial charge in [-0.25, -0.2) is 4.79 Å². The highest BCUT2D eigenvalue weighted by atomic mass is 16.5. The van der Waals surface area contributed by atoms with E-state index in [-0.39, 0.29) is 18.6 Å². The van der Waals surface area contributed by atoms with Crippen LogP contribution in [0.3, 0.4) is 0 Å². The molecular formula is C25H26N2O3. The van der Waals surface area contributed by atoms with Gasteiger partial charge in [0.05, 0.1) is 17.3 Å². The Bertz CT molecular complexity index is 1030. The first-order chi connectivity index (χ1) is 14.5. The lowest BCUT2D eigenvalue weighted by atomic mass is 10.1. The Labute approximate surface area is 177 Å². The van der Waals surface area contributed by atoms with Gasteiger partial charge in [0.1, 0.15) is 0 Å². The summed E-state index contributed by atoms with van der Waals surface area (Å²) in [7, 11) is 0. The summed E-state index contributed by atoms with van der Waals surface area (Å²) in [6.45, 7) is 5.61. The molecule has 0 spiro atoms. The van der Waals surface area contributed by atoms with Crippen LogP contribution in [0.1, 0.15) is 40.0 Å². The van der Waals surface area contributed by atoms with E-state index in [0.29, 0.717) is 11.3 Å². The van der Waals surface area contributed by atoms with E-state index in [4.69, 9.17) is 4.74 Å². The number of aryl methyl sites for hydroxylation is 1. The number of carbonyl (C=O) groups excluding carboxylic acids is 2. The van der Waals surface area contributed by atoms with E-state index in [0.717, 1.165) is 22.4 Å². The van der Waals surface area contributed by atoms with Gasteiger partial charge in [0.15, 0.2) is 6.61 Å². The molecule has 2 N–H and O–H groups in total. The monoisotopic (exact) mass is 402 g/mol. The minimum Gasteiger partial charge on any atom is -0.452 e. The zero-order chi connectivity index (χ0) is 21.5. The fraction of sp³-hybridized carbons (Fsp3) is 0.200. The largest absolute Gasteiger partial charge is 0.452 e.